The van der Waals surface area contributed by atoms with Crippen LogP contribution in [0.2, 0.25) is 0 Å². The molecule has 2 heteroatoms. The van der Waals surface area contributed by atoms with Crippen LogP contribution in [0.4, 0.5) is 17.1 Å². The summed E-state index contributed by atoms with van der Waals surface area (Å²) in [6.45, 7) is 0. The van der Waals surface area contributed by atoms with Crippen LogP contribution < -0.4 is 4.90 Å². The second-order valence-corrected chi connectivity index (χ2v) is 16.1. The van der Waals surface area contributed by atoms with E-state index in [0.717, 1.165) is 33.9 Å². The Morgan fingerprint density at radius 3 is 1.71 bits per heavy atom. The molecule has 0 saturated heterocycles. The van der Waals surface area contributed by atoms with Crippen molar-refractivity contribution in [1.29, 1.82) is 0 Å². The molecule has 0 aliphatic rings. The van der Waals surface area contributed by atoms with Crippen molar-refractivity contribution in [3.63, 3.8) is 0 Å². The summed E-state index contributed by atoms with van der Waals surface area (Å²) in [5, 5.41) is 9.99. The van der Waals surface area contributed by atoms with Crippen molar-refractivity contribution in [1.82, 2.24) is 4.57 Å². The Hall–Kier alpha value is -8.20. The van der Waals surface area contributed by atoms with Gasteiger partial charge in [0.05, 0.1) is 22.4 Å². The Balaban J connectivity index is 0.996. The number of anilines is 3. The fourth-order valence-electron chi connectivity index (χ4n) is 9.69. The molecule has 0 radical (unpaired) electrons. The first-order chi connectivity index (χ1) is 30.8. The molecule has 0 bridgehead atoms. The largest absolute Gasteiger partial charge is 0.309 e. The molecule has 0 saturated carbocycles. The van der Waals surface area contributed by atoms with Crippen molar-refractivity contribution in [2.24, 2.45) is 0 Å². The van der Waals surface area contributed by atoms with E-state index in [1.807, 2.05) is 0 Å². The highest BCUT2D eigenvalue weighted by Crippen LogP contribution is 2.45. The lowest BCUT2D eigenvalue weighted by Crippen LogP contribution is -2.11. The van der Waals surface area contributed by atoms with Gasteiger partial charge in [0.1, 0.15) is 0 Å². The van der Waals surface area contributed by atoms with E-state index < -0.39 is 0 Å². The van der Waals surface area contributed by atoms with Gasteiger partial charge in [-0.1, -0.05) is 182 Å². The SMILES string of the molecule is c1ccc(-n2c3ccccc3c3c(-c4cccc(-c5ccccc5N(c5ccc(-c6ccc7c(ccc8ccccc87)c6)cc5)c5cccc6ccccc56)c4)cccc32)cc1. The normalized spacial score (nSPS) is 11.5. The van der Waals surface area contributed by atoms with E-state index in [-0.39, 0.29) is 0 Å². The molecule has 290 valence electrons. The lowest BCUT2D eigenvalue weighted by Gasteiger charge is -2.29. The highest BCUT2D eigenvalue weighted by molar-refractivity contribution is 6.16. The molecule has 0 aliphatic carbocycles. The first-order valence-electron chi connectivity index (χ1n) is 21.3. The van der Waals surface area contributed by atoms with E-state index in [2.05, 4.69) is 252 Å². The predicted molar refractivity (Wildman–Crippen MR) is 264 cm³/mol. The molecule has 1 aromatic heterocycles. The van der Waals surface area contributed by atoms with E-state index in [9.17, 15) is 0 Å². The van der Waals surface area contributed by atoms with E-state index in [1.165, 1.54) is 76.4 Å². The lowest BCUT2D eigenvalue weighted by atomic mass is 9.94. The first-order valence-corrected chi connectivity index (χ1v) is 21.3. The maximum Gasteiger partial charge on any atom is 0.0547 e. The number of fused-ring (bicyclic) bond motifs is 7. The highest BCUT2D eigenvalue weighted by atomic mass is 15.1. The minimum atomic E-state index is 1.10. The van der Waals surface area contributed by atoms with Crippen LogP contribution in [0.1, 0.15) is 0 Å². The van der Waals surface area contributed by atoms with Crippen molar-refractivity contribution in [2.75, 3.05) is 4.90 Å². The Morgan fingerprint density at radius 1 is 0.290 bits per heavy atom. The smallest absolute Gasteiger partial charge is 0.0547 e. The van der Waals surface area contributed by atoms with Crippen molar-refractivity contribution >= 4 is 71.2 Å². The summed E-state index contributed by atoms with van der Waals surface area (Å²) in [6.07, 6.45) is 0. The van der Waals surface area contributed by atoms with Crippen molar-refractivity contribution in [3.8, 4) is 39.1 Å². The summed E-state index contributed by atoms with van der Waals surface area (Å²) in [5.74, 6) is 0. The summed E-state index contributed by atoms with van der Waals surface area (Å²) in [6, 6.07) is 88.5. The van der Waals surface area contributed by atoms with Crippen LogP contribution in [0.5, 0.6) is 0 Å². The molecule has 0 atom stereocenters. The van der Waals surface area contributed by atoms with Gasteiger partial charge in [0.2, 0.25) is 0 Å². The predicted octanol–water partition coefficient (Wildman–Crippen LogP) is 16.7. The van der Waals surface area contributed by atoms with Crippen LogP contribution in [-0.4, -0.2) is 4.57 Å². The maximum absolute atomic E-state index is 2.44. The van der Waals surface area contributed by atoms with Gasteiger partial charge in [-0.2, -0.15) is 0 Å². The van der Waals surface area contributed by atoms with Gasteiger partial charge in [-0.25, -0.2) is 0 Å². The number of hydrogen-bond acceptors (Lipinski definition) is 1. The van der Waals surface area contributed by atoms with Gasteiger partial charge in [0.15, 0.2) is 0 Å². The summed E-state index contributed by atoms with van der Waals surface area (Å²) in [5.41, 5.74) is 14.0. The van der Waals surface area contributed by atoms with Crippen LogP contribution in [0.3, 0.4) is 0 Å². The molecule has 0 fully saturated rings. The monoisotopic (exact) mass is 788 g/mol. The molecule has 0 aliphatic heterocycles. The van der Waals surface area contributed by atoms with Crippen LogP contribution in [0.15, 0.2) is 243 Å². The number of aromatic nitrogens is 1. The molecule has 12 rings (SSSR count). The Kier molecular flexibility index (Phi) is 8.53. The number of hydrogen-bond donors (Lipinski definition) is 0. The average molecular weight is 789 g/mol. The van der Waals surface area contributed by atoms with Gasteiger partial charge in [-0.15, -0.1) is 0 Å². The molecule has 0 amide bonds. The number of nitrogens with zero attached hydrogens (tertiary/aromatic N) is 2. The highest BCUT2D eigenvalue weighted by Gasteiger charge is 2.21. The lowest BCUT2D eigenvalue weighted by molar-refractivity contribution is 1.18. The number of benzene rings is 11. The molecule has 62 heavy (non-hydrogen) atoms. The second-order valence-electron chi connectivity index (χ2n) is 16.1. The fourth-order valence-corrected chi connectivity index (χ4v) is 9.69. The molecular formula is C60H40N2. The zero-order valence-corrected chi connectivity index (χ0v) is 34.0. The number of rotatable bonds is 7. The summed E-state index contributed by atoms with van der Waals surface area (Å²) < 4.78 is 2.39. The Morgan fingerprint density at radius 2 is 0.855 bits per heavy atom. The molecule has 0 unspecified atom stereocenters. The van der Waals surface area contributed by atoms with Crippen LogP contribution in [0, 0.1) is 0 Å². The van der Waals surface area contributed by atoms with Gasteiger partial charge < -0.3 is 9.47 Å². The average Bonchev–Trinajstić information content (AvgIpc) is 3.69. The molecule has 0 N–H and O–H groups in total. The fraction of sp³-hybridized carbons (Fsp3) is 0. The van der Waals surface area contributed by atoms with Gasteiger partial charge in [0, 0.05) is 33.1 Å². The standard InChI is InChI=1S/C60H40N2/c1-2-20-48(21-3-1)62-58-28-11-9-25-55(58)60-54(26-14-30-59(60)62)46-19-12-18-45(40-46)53-24-8-10-27-56(53)61(57-29-13-17-42-15-5-7-23-52(42)57)49-36-33-41(34-37-49)44-35-38-51-47(39-44)32-31-43-16-4-6-22-50(43)51/h1-40H. The van der Waals surface area contributed by atoms with E-state index >= 15 is 0 Å². The zero-order chi connectivity index (χ0) is 41.0. The topological polar surface area (TPSA) is 8.17 Å². The first kappa shape index (κ1) is 35.7. The van der Waals surface area contributed by atoms with E-state index in [4.69, 9.17) is 0 Å². The third kappa shape index (κ3) is 5.96. The maximum atomic E-state index is 2.44. The summed E-state index contributed by atoms with van der Waals surface area (Å²) >= 11 is 0. The Labute approximate surface area is 360 Å². The van der Waals surface area contributed by atoms with Crippen molar-refractivity contribution < 1.29 is 0 Å². The molecule has 12 aromatic rings. The van der Waals surface area contributed by atoms with Gasteiger partial charge >= 0.3 is 0 Å². The molecular weight excluding hydrogens is 749 g/mol. The van der Waals surface area contributed by atoms with Gasteiger partial charge in [0.25, 0.3) is 0 Å². The van der Waals surface area contributed by atoms with Crippen LogP contribution in [-0.2, 0) is 0 Å². The Bertz CT molecular complexity index is 3630. The zero-order valence-electron chi connectivity index (χ0n) is 34.0. The molecule has 1 heterocycles. The van der Waals surface area contributed by atoms with E-state index in [0.29, 0.717) is 0 Å². The molecule has 11 aromatic carbocycles. The van der Waals surface area contributed by atoms with Crippen molar-refractivity contribution in [3.05, 3.63) is 243 Å². The third-order valence-corrected chi connectivity index (χ3v) is 12.6. The van der Waals surface area contributed by atoms with Gasteiger partial charge in [-0.05, 0) is 115 Å². The van der Waals surface area contributed by atoms with E-state index in [1.54, 1.807) is 0 Å². The van der Waals surface area contributed by atoms with Crippen LogP contribution in [0.25, 0.3) is 93.2 Å². The summed E-state index contributed by atoms with van der Waals surface area (Å²) in [4.78, 5) is 2.44. The van der Waals surface area contributed by atoms with Crippen molar-refractivity contribution in [2.45, 2.75) is 0 Å². The quantitative estimate of drug-likeness (QED) is 0.146. The minimum absolute atomic E-state index is 1.10. The number of para-hydroxylation sites is 3. The van der Waals surface area contributed by atoms with Gasteiger partial charge in [-0.3, -0.25) is 0 Å². The second kappa shape index (κ2) is 14.8. The molecule has 0 spiro atoms. The summed E-state index contributed by atoms with van der Waals surface area (Å²) in [7, 11) is 0. The minimum Gasteiger partial charge on any atom is -0.309 e. The third-order valence-electron chi connectivity index (χ3n) is 12.6. The van der Waals surface area contributed by atoms with Crippen LogP contribution >= 0.6 is 0 Å². The molecule has 2 nitrogen and oxygen atoms in total.